The van der Waals surface area contributed by atoms with E-state index in [-0.39, 0.29) is 54.5 Å². The van der Waals surface area contributed by atoms with E-state index in [1.54, 1.807) is 0 Å². The number of piperidine rings is 1. The highest BCUT2D eigenvalue weighted by atomic mass is 32.2. The van der Waals surface area contributed by atoms with Crippen molar-refractivity contribution in [3.05, 3.63) is 30.2 Å². The quantitative estimate of drug-likeness (QED) is 0.482. The number of hydrogen-bond acceptors (Lipinski definition) is 7. The maximum Gasteiger partial charge on any atom is 0.244 e. The Morgan fingerprint density at radius 1 is 1.41 bits per heavy atom. The van der Waals surface area contributed by atoms with Crippen molar-refractivity contribution < 1.29 is 27.4 Å². The molecule has 1 saturated heterocycles. The molecule has 0 bridgehead atoms. The van der Waals surface area contributed by atoms with Gasteiger partial charge >= 0.3 is 0 Å². The van der Waals surface area contributed by atoms with E-state index in [2.05, 4.69) is 10.3 Å². The lowest BCUT2D eigenvalue weighted by molar-refractivity contribution is -0.122. The van der Waals surface area contributed by atoms with Crippen molar-refractivity contribution in [2.45, 2.75) is 24.2 Å². The van der Waals surface area contributed by atoms with E-state index in [1.807, 2.05) is 0 Å². The number of amides is 1. The number of aliphatic hydroxyl groups excluding tert-OH is 1. The van der Waals surface area contributed by atoms with Crippen LogP contribution in [0.4, 0.5) is 4.39 Å². The summed E-state index contributed by atoms with van der Waals surface area (Å²) in [6.07, 6.45) is 3.06. The maximum atomic E-state index is 12.8. The van der Waals surface area contributed by atoms with Crippen molar-refractivity contribution in [1.29, 1.82) is 0 Å². The SMILES string of the molecule is NC/C(=C/F)COc1ccc(S(=O)(=O)N2CCC(CC(=O)NCCO)CC2)cn1. The molecule has 0 aromatic carbocycles. The van der Waals surface area contributed by atoms with Gasteiger partial charge in [0.1, 0.15) is 11.5 Å². The molecule has 1 aromatic heterocycles. The predicted octanol–water partition coefficient (Wildman–Crippen LogP) is 0.172. The van der Waals surface area contributed by atoms with Crippen LogP contribution in [0.1, 0.15) is 19.3 Å². The summed E-state index contributed by atoms with van der Waals surface area (Å²) in [7, 11) is -3.70. The number of carbonyl (C=O) groups is 1. The molecule has 1 aromatic rings. The Hall–Kier alpha value is -2.08. The topological polar surface area (TPSA) is 135 Å². The van der Waals surface area contributed by atoms with E-state index in [4.69, 9.17) is 15.6 Å². The van der Waals surface area contributed by atoms with E-state index in [1.165, 1.54) is 22.6 Å². The fourth-order valence-electron chi connectivity index (χ4n) is 2.94. The Morgan fingerprint density at radius 3 is 2.69 bits per heavy atom. The molecule has 0 atom stereocenters. The van der Waals surface area contributed by atoms with Crippen LogP contribution in [-0.4, -0.2) is 68.1 Å². The van der Waals surface area contributed by atoms with Crippen LogP contribution in [0.25, 0.3) is 0 Å². The average molecular weight is 431 g/mol. The number of nitrogens with one attached hydrogen (secondary N) is 1. The highest BCUT2D eigenvalue weighted by molar-refractivity contribution is 7.89. The standard InChI is InChI=1S/C18H27FN4O5S/c19-10-15(11-20)13-28-18-2-1-16(12-22-18)29(26,27)23-6-3-14(4-7-23)9-17(25)21-5-8-24/h1-2,10,12,14,24H,3-9,11,13,20H2,(H,21,25)/b15-10-. The molecule has 9 nitrogen and oxygen atoms in total. The zero-order valence-electron chi connectivity index (χ0n) is 16.1. The number of halogens is 1. The minimum absolute atomic E-state index is 0.0159. The lowest BCUT2D eigenvalue weighted by Crippen LogP contribution is -2.39. The molecule has 0 aliphatic carbocycles. The number of nitrogens with two attached hydrogens (primary N) is 1. The van der Waals surface area contributed by atoms with E-state index < -0.39 is 10.0 Å². The molecule has 162 valence electrons. The van der Waals surface area contributed by atoms with Gasteiger partial charge in [0.25, 0.3) is 0 Å². The summed E-state index contributed by atoms with van der Waals surface area (Å²) in [5.74, 6) is 0.138. The number of carbonyl (C=O) groups excluding carboxylic acids is 1. The molecule has 11 heteroatoms. The summed E-state index contributed by atoms with van der Waals surface area (Å²) in [4.78, 5) is 15.7. The maximum absolute atomic E-state index is 12.8. The Balaban J connectivity index is 1.90. The smallest absolute Gasteiger partial charge is 0.244 e. The molecular weight excluding hydrogens is 403 g/mol. The second-order valence-corrected chi connectivity index (χ2v) is 8.66. The Labute approximate surface area is 169 Å². The zero-order chi connectivity index (χ0) is 21.3. The first-order valence-corrected chi connectivity index (χ1v) is 10.8. The summed E-state index contributed by atoms with van der Waals surface area (Å²) in [6, 6.07) is 2.81. The molecule has 29 heavy (non-hydrogen) atoms. The van der Waals surface area contributed by atoms with Gasteiger partial charge in [-0.05, 0) is 24.8 Å². The van der Waals surface area contributed by atoms with Crippen LogP contribution in [-0.2, 0) is 14.8 Å². The number of aliphatic hydroxyl groups is 1. The minimum atomic E-state index is -3.70. The normalized spacial score (nSPS) is 16.6. The van der Waals surface area contributed by atoms with Gasteiger partial charge in [-0.1, -0.05) is 0 Å². The van der Waals surface area contributed by atoms with Crippen LogP contribution >= 0.6 is 0 Å². The van der Waals surface area contributed by atoms with Crippen LogP contribution in [0, 0.1) is 5.92 Å². The fraction of sp³-hybridized carbons (Fsp3) is 0.556. The number of nitrogens with zero attached hydrogens (tertiary/aromatic N) is 2. The molecule has 2 heterocycles. The van der Waals surface area contributed by atoms with Crippen LogP contribution in [0.5, 0.6) is 5.88 Å². The number of pyridine rings is 1. The zero-order valence-corrected chi connectivity index (χ0v) is 16.9. The monoisotopic (exact) mass is 430 g/mol. The van der Waals surface area contributed by atoms with Crippen molar-refractivity contribution in [2.24, 2.45) is 11.7 Å². The van der Waals surface area contributed by atoms with Crippen LogP contribution in [0.15, 0.2) is 35.1 Å². The first-order chi connectivity index (χ1) is 13.9. The third kappa shape index (κ3) is 6.74. The molecule has 1 aliphatic rings. The molecule has 0 saturated carbocycles. The third-order valence-corrected chi connectivity index (χ3v) is 6.53. The predicted molar refractivity (Wildman–Crippen MR) is 104 cm³/mol. The molecule has 1 aliphatic heterocycles. The third-order valence-electron chi connectivity index (χ3n) is 4.65. The van der Waals surface area contributed by atoms with Gasteiger partial charge < -0.3 is 20.9 Å². The summed E-state index contributed by atoms with van der Waals surface area (Å²) in [6.45, 7) is 0.699. The molecule has 0 spiro atoms. The van der Waals surface area contributed by atoms with Crippen molar-refractivity contribution >= 4 is 15.9 Å². The number of rotatable bonds is 10. The number of aromatic nitrogens is 1. The molecule has 0 radical (unpaired) electrons. The summed E-state index contributed by atoms with van der Waals surface area (Å²) in [5, 5.41) is 11.3. The van der Waals surface area contributed by atoms with Crippen molar-refractivity contribution in [3.63, 3.8) is 0 Å². The van der Waals surface area contributed by atoms with Crippen molar-refractivity contribution in [1.82, 2.24) is 14.6 Å². The second-order valence-electron chi connectivity index (χ2n) is 6.72. The highest BCUT2D eigenvalue weighted by Gasteiger charge is 2.30. The summed E-state index contributed by atoms with van der Waals surface area (Å²) < 4.78 is 44.7. The van der Waals surface area contributed by atoms with E-state index in [0.717, 1.165) is 0 Å². The Bertz CT molecular complexity index is 793. The molecular formula is C18H27FN4O5S. The average Bonchev–Trinajstić information content (AvgIpc) is 2.73. The van der Waals surface area contributed by atoms with Gasteiger partial charge in [-0.2, -0.15) is 4.31 Å². The van der Waals surface area contributed by atoms with Gasteiger partial charge in [-0.15, -0.1) is 0 Å². The van der Waals surface area contributed by atoms with Crippen LogP contribution < -0.4 is 15.8 Å². The van der Waals surface area contributed by atoms with E-state index >= 15 is 0 Å². The van der Waals surface area contributed by atoms with Gasteiger partial charge in [0.15, 0.2) is 0 Å². The molecule has 1 fully saturated rings. The van der Waals surface area contributed by atoms with Gasteiger partial charge in [0.05, 0.1) is 19.1 Å². The lowest BCUT2D eigenvalue weighted by Gasteiger charge is -2.30. The summed E-state index contributed by atoms with van der Waals surface area (Å²) >= 11 is 0. The number of sulfonamides is 1. The molecule has 4 N–H and O–H groups in total. The molecule has 1 amide bonds. The molecule has 2 rings (SSSR count). The first-order valence-electron chi connectivity index (χ1n) is 9.35. The van der Waals surface area contributed by atoms with Gasteiger partial charge in [-0.3, -0.25) is 4.79 Å². The highest BCUT2D eigenvalue weighted by Crippen LogP contribution is 2.26. The number of hydrogen-bond donors (Lipinski definition) is 3. The summed E-state index contributed by atoms with van der Waals surface area (Å²) in [5.41, 5.74) is 5.60. The fourth-order valence-corrected chi connectivity index (χ4v) is 4.35. The molecule has 0 unspecified atom stereocenters. The second kappa shape index (κ2) is 11.2. The van der Waals surface area contributed by atoms with Crippen molar-refractivity contribution in [2.75, 3.05) is 39.4 Å². The van der Waals surface area contributed by atoms with Gasteiger partial charge in [0, 0.05) is 44.2 Å². The van der Waals surface area contributed by atoms with Gasteiger partial charge in [0.2, 0.25) is 21.8 Å². The number of ether oxygens (including phenoxy) is 1. The Kier molecular flexibility index (Phi) is 8.96. The van der Waals surface area contributed by atoms with Crippen LogP contribution in [0.2, 0.25) is 0 Å². The van der Waals surface area contributed by atoms with E-state index in [9.17, 15) is 17.6 Å². The van der Waals surface area contributed by atoms with Crippen molar-refractivity contribution in [3.8, 4) is 5.88 Å². The minimum Gasteiger partial charge on any atom is -0.473 e. The van der Waals surface area contributed by atoms with Crippen LogP contribution in [0.3, 0.4) is 0 Å². The van der Waals surface area contributed by atoms with E-state index in [0.29, 0.717) is 38.7 Å². The Morgan fingerprint density at radius 2 is 2.14 bits per heavy atom. The first kappa shape index (κ1) is 23.2. The van der Waals surface area contributed by atoms with Gasteiger partial charge in [-0.25, -0.2) is 17.8 Å². The lowest BCUT2D eigenvalue weighted by atomic mass is 9.94. The largest absolute Gasteiger partial charge is 0.473 e.